The van der Waals surface area contributed by atoms with Crippen LogP contribution in [0.4, 0.5) is 4.39 Å². The first-order valence-corrected chi connectivity index (χ1v) is 9.82. The van der Waals surface area contributed by atoms with Gasteiger partial charge in [-0.15, -0.1) is 0 Å². The summed E-state index contributed by atoms with van der Waals surface area (Å²) in [7, 11) is -2.28. The Bertz CT molecular complexity index is 780. The van der Waals surface area contributed by atoms with Gasteiger partial charge in [-0.2, -0.15) is 17.0 Å². The molecule has 2 aromatic rings. The minimum Gasteiger partial charge on any atom is -0.207 e. The second-order valence-electron chi connectivity index (χ2n) is 5.69. The Balaban J connectivity index is 2.11. The molecule has 2 rings (SSSR count). The van der Waals surface area contributed by atoms with Crippen molar-refractivity contribution in [1.29, 1.82) is 0 Å². The van der Waals surface area contributed by atoms with E-state index >= 15 is 0 Å². The van der Waals surface area contributed by atoms with Crippen molar-refractivity contribution in [1.82, 2.24) is 8.61 Å². The van der Waals surface area contributed by atoms with Gasteiger partial charge in [0.1, 0.15) is 5.82 Å². The molecule has 0 N–H and O–H groups in total. The summed E-state index contributed by atoms with van der Waals surface area (Å²) < 4.78 is 42.0. The fourth-order valence-corrected chi connectivity index (χ4v) is 4.08. The fourth-order valence-electron chi connectivity index (χ4n) is 2.52. The minimum absolute atomic E-state index is 0.115. The van der Waals surface area contributed by atoms with E-state index in [-0.39, 0.29) is 17.1 Å². The number of halogens is 2. The van der Waals surface area contributed by atoms with Gasteiger partial charge in [-0.1, -0.05) is 54.9 Å². The molecule has 0 unspecified atom stereocenters. The Morgan fingerprint density at radius 2 is 1.76 bits per heavy atom. The minimum atomic E-state index is -3.71. The van der Waals surface area contributed by atoms with Gasteiger partial charge >= 0.3 is 0 Å². The summed E-state index contributed by atoms with van der Waals surface area (Å²) in [6.07, 6.45) is 0.613. The summed E-state index contributed by atoms with van der Waals surface area (Å²) in [5, 5.41) is 0.217. The molecule has 2 aromatic carbocycles. The van der Waals surface area contributed by atoms with Crippen molar-refractivity contribution in [3.8, 4) is 0 Å². The normalized spacial score (nSPS) is 12.1. The molecule has 0 bridgehead atoms. The van der Waals surface area contributed by atoms with Crippen LogP contribution in [0.2, 0.25) is 5.02 Å². The molecule has 0 spiro atoms. The van der Waals surface area contributed by atoms with E-state index in [1.54, 1.807) is 13.0 Å². The Labute approximate surface area is 154 Å². The molecule has 0 atom stereocenters. The lowest BCUT2D eigenvalue weighted by molar-refractivity contribution is 0.365. The van der Waals surface area contributed by atoms with E-state index in [2.05, 4.69) is 0 Å². The summed E-state index contributed by atoms with van der Waals surface area (Å²) in [6, 6.07) is 14.0. The maximum absolute atomic E-state index is 13.9. The summed E-state index contributed by atoms with van der Waals surface area (Å²) in [4.78, 5) is 0. The van der Waals surface area contributed by atoms with E-state index in [4.69, 9.17) is 11.6 Å². The predicted molar refractivity (Wildman–Crippen MR) is 99.2 cm³/mol. The Morgan fingerprint density at radius 1 is 1.08 bits per heavy atom. The number of benzene rings is 2. The molecule has 0 radical (unpaired) electrons. The Hall–Kier alpha value is -1.47. The van der Waals surface area contributed by atoms with Crippen LogP contribution < -0.4 is 0 Å². The van der Waals surface area contributed by atoms with Crippen LogP contribution in [-0.2, 0) is 23.2 Å². The van der Waals surface area contributed by atoms with Gasteiger partial charge in [0.25, 0.3) is 10.2 Å². The van der Waals surface area contributed by atoms with E-state index in [1.165, 1.54) is 23.5 Å². The van der Waals surface area contributed by atoms with Crippen molar-refractivity contribution in [2.45, 2.75) is 19.9 Å². The lowest BCUT2D eigenvalue weighted by atomic mass is 10.1. The number of hydrogen-bond acceptors (Lipinski definition) is 2. The number of likely N-dealkylation sites (N-methyl/N-ethyl adjacent to an activating group) is 1. The van der Waals surface area contributed by atoms with Crippen LogP contribution in [0, 0.1) is 5.82 Å². The van der Waals surface area contributed by atoms with Crippen LogP contribution >= 0.6 is 11.6 Å². The van der Waals surface area contributed by atoms with Crippen molar-refractivity contribution in [3.05, 3.63) is 70.5 Å². The third-order valence-corrected chi connectivity index (χ3v) is 6.37. The monoisotopic (exact) mass is 384 g/mol. The molecular weight excluding hydrogens is 363 g/mol. The van der Waals surface area contributed by atoms with E-state index in [1.807, 2.05) is 30.3 Å². The van der Waals surface area contributed by atoms with Crippen LogP contribution in [0.15, 0.2) is 48.5 Å². The number of nitrogens with zero attached hydrogens (tertiary/aromatic N) is 2. The van der Waals surface area contributed by atoms with Crippen LogP contribution in [0.1, 0.15) is 18.1 Å². The number of rotatable bonds is 8. The van der Waals surface area contributed by atoms with E-state index in [0.29, 0.717) is 19.5 Å². The first-order valence-electron chi connectivity index (χ1n) is 8.04. The van der Waals surface area contributed by atoms with Gasteiger partial charge in [-0.3, -0.25) is 0 Å². The molecule has 0 fully saturated rings. The van der Waals surface area contributed by atoms with Crippen LogP contribution in [0.3, 0.4) is 0 Å². The van der Waals surface area contributed by atoms with Gasteiger partial charge in [-0.05, 0) is 24.1 Å². The zero-order valence-electron chi connectivity index (χ0n) is 14.3. The molecule has 0 aliphatic carbocycles. The standard InChI is InChI=1S/C18H22ClFN2O2S/c1-3-22(13-12-15-8-5-4-6-9-15)25(23,24)21(2)14-16-17(19)10-7-11-18(16)20/h4-11H,3,12-14H2,1-2H3. The maximum atomic E-state index is 13.9. The summed E-state index contributed by atoms with van der Waals surface area (Å²) in [6.45, 7) is 2.37. The SMILES string of the molecule is CCN(CCc1ccccc1)S(=O)(=O)N(C)Cc1c(F)cccc1Cl. The van der Waals surface area contributed by atoms with Crippen LogP contribution in [0.5, 0.6) is 0 Å². The third-order valence-electron chi connectivity index (χ3n) is 4.01. The van der Waals surface area contributed by atoms with Gasteiger partial charge in [-0.25, -0.2) is 4.39 Å². The van der Waals surface area contributed by atoms with Crippen molar-refractivity contribution in [2.75, 3.05) is 20.1 Å². The lowest BCUT2D eigenvalue weighted by Crippen LogP contribution is -2.42. The van der Waals surface area contributed by atoms with Crippen LogP contribution in [-0.4, -0.2) is 37.2 Å². The smallest absolute Gasteiger partial charge is 0.207 e. The predicted octanol–water partition coefficient (Wildman–Crippen LogP) is 3.72. The topological polar surface area (TPSA) is 40.6 Å². The zero-order chi connectivity index (χ0) is 18.4. The molecular formula is C18H22ClFN2O2S. The summed E-state index contributed by atoms with van der Waals surface area (Å²) in [5.74, 6) is -0.512. The fraction of sp³-hybridized carbons (Fsp3) is 0.333. The van der Waals surface area contributed by atoms with E-state index in [9.17, 15) is 12.8 Å². The molecule has 25 heavy (non-hydrogen) atoms. The molecule has 0 aliphatic heterocycles. The first kappa shape index (κ1) is 19.8. The van der Waals surface area contributed by atoms with E-state index in [0.717, 1.165) is 9.87 Å². The van der Waals surface area contributed by atoms with E-state index < -0.39 is 16.0 Å². The highest BCUT2D eigenvalue weighted by atomic mass is 35.5. The molecule has 0 aromatic heterocycles. The van der Waals surface area contributed by atoms with Crippen molar-refractivity contribution in [2.24, 2.45) is 0 Å². The summed E-state index contributed by atoms with van der Waals surface area (Å²) in [5.41, 5.74) is 1.24. The molecule has 4 nitrogen and oxygen atoms in total. The Kier molecular flexibility index (Phi) is 6.95. The second-order valence-corrected chi connectivity index (χ2v) is 8.13. The van der Waals surface area contributed by atoms with Crippen molar-refractivity contribution >= 4 is 21.8 Å². The lowest BCUT2D eigenvalue weighted by Gasteiger charge is -2.27. The largest absolute Gasteiger partial charge is 0.282 e. The first-order chi connectivity index (χ1) is 11.9. The molecule has 0 heterocycles. The average Bonchev–Trinajstić information content (AvgIpc) is 2.59. The second kappa shape index (κ2) is 8.76. The zero-order valence-corrected chi connectivity index (χ0v) is 15.9. The van der Waals surface area contributed by atoms with Gasteiger partial charge in [0.05, 0.1) is 0 Å². The highest BCUT2D eigenvalue weighted by Gasteiger charge is 2.26. The summed E-state index contributed by atoms with van der Waals surface area (Å²) >= 11 is 6.00. The molecule has 0 saturated carbocycles. The highest BCUT2D eigenvalue weighted by molar-refractivity contribution is 7.86. The maximum Gasteiger partial charge on any atom is 0.282 e. The quantitative estimate of drug-likeness (QED) is 0.696. The molecule has 0 amide bonds. The average molecular weight is 385 g/mol. The Morgan fingerprint density at radius 3 is 2.36 bits per heavy atom. The van der Waals surface area contributed by atoms with Gasteiger partial charge in [0, 0.05) is 37.3 Å². The van der Waals surface area contributed by atoms with Gasteiger partial charge < -0.3 is 0 Å². The van der Waals surface area contributed by atoms with Gasteiger partial charge in [0.15, 0.2) is 0 Å². The van der Waals surface area contributed by atoms with Crippen molar-refractivity contribution in [3.63, 3.8) is 0 Å². The van der Waals surface area contributed by atoms with Crippen molar-refractivity contribution < 1.29 is 12.8 Å². The molecule has 7 heteroatoms. The van der Waals surface area contributed by atoms with Crippen LogP contribution in [0.25, 0.3) is 0 Å². The molecule has 136 valence electrons. The number of hydrogen-bond donors (Lipinski definition) is 0. The van der Waals surface area contributed by atoms with Gasteiger partial charge in [0.2, 0.25) is 0 Å². The highest BCUT2D eigenvalue weighted by Crippen LogP contribution is 2.22. The third kappa shape index (κ3) is 5.01. The molecule has 0 saturated heterocycles. The molecule has 0 aliphatic rings.